The van der Waals surface area contributed by atoms with Gasteiger partial charge in [-0.25, -0.2) is 0 Å². The van der Waals surface area contributed by atoms with Crippen LogP contribution in [-0.2, 0) is 0 Å². The lowest BCUT2D eigenvalue weighted by Gasteiger charge is -2.04. The fraction of sp³-hybridized carbons (Fsp3) is 0.176. The molecule has 0 unspecified atom stereocenters. The Bertz CT molecular complexity index is 783. The third-order valence-electron chi connectivity index (χ3n) is 3.33. The molecular formula is C17H17N3OS. The molecule has 0 aliphatic heterocycles. The molecule has 22 heavy (non-hydrogen) atoms. The Morgan fingerprint density at radius 1 is 1.23 bits per heavy atom. The molecule has 0 atom stereocenters. The van der Waals surface area contributed by atoms with Gasteiger partial charge in [0.15, 0.2) is 5.69 Å². The molecule has 3 rings (SSSR count). The molecule has 0 spiro atoms. The lowest BCUT2D eigenvalue weighted by atomic mass is 10.1. The maximum absolute atomic E-state index is 12.2. The Labute approximate surface area is 133 Å². The van der Waals surface area contributed by atoms with Crippen LogP contribution < -0.4 is 5.32 Å². The minimum absolute atomic E-state index is 0.134. The van der Waals surface area contributed by atoms with Crippen LogP contribution in [-0.4, -0.2) is 28.4 Å². The van der Waals surface area contributed by atoms with E-state index in [4.69, 9.17) is 0 Å². The third kappa shape index (κ3) is 3.31. The molecule has 0 saturated carbocycles. The van der Waals surface area contributed by atoms with Gasteiger partial charge in [-0.05, 0) is 31.2 Å². The monoisotopic (exact) mass is 311 g/mol. The zero-order valence-corrected chi connectivity index (χ0v) is 13.1. The number of benzene rings is 2. The van der Waals surface area contributed by atoms with Gasteiger partial charge < -0.3 is 5.32 Å². The third-order valence-corrected chi connectivity index (χ3v) is 4.35. The summed E-state index contributed by atoms with van der Waals surface area (Å²) in [5.41, 5.74) is 2.46. The Hall–Kier alpha value is -2.27. The molecule has 5 heteroatoms. The van der Waals surface area contributed by atoms with Crippen molar-refractivity contribution in [2.24, 2.45) is 0 Å². The SMILES string of the molecule is Cc1ccc2[nH]nc(C(=O)NCCSc3ccccc3)c2c1. The molecule has 4 nitrogen and oxygen atoms in total. The quantitative estimate of drug-likeness (QED) is 0.561. The number of carbonyl (C=O) groups excluding carboxylic acids is 1. The Morgan fingerprint density at radius 2 is 2.05 bits per heavy atom. The van der Waals surface area contributed by atoms with Gasteiger partial charge in [-0.3, -0.25) is 9.89 Å². The molecule has 2 N–H and O–H groups in total. The first-order chi connectivity index (χ1) is 10.7. The number of aromatic amines is 1. The van der Waals surface area contributed by atoms with Crippen LogP contribution in [0.25, 0.3) is 10.9 Å². The van der Waals surface area contributed by atoms with E-state index in [-0.39, 0.29) is 5.91 Å². The molecule has 0 bridgehead atoms. The largest absolute Gasteiger partial charge is 0.350 e. The standard InChI is InChI=1S/C17H17N3OS/c1-12-7-8-15-14(11-12)16(20-19-15)17(21)18-9-10-22-13-5-3-2-4-6-13/h2-8,11H,9-10H2,1H3,(H,18,21)(H,19,20). The predicted molar refractivity (Wildman–Crippen MR) is 90.3 cm³/mol. The molecule has 1 heterocycles. The van der Waals surface area contributed by atoms with E-state index in [0.717, 1.165) is 22.2 Å². The highest BCUT2D eigenvalue weighted by Gasteiger charge is 2.13. The molecule has 1 aromatic heterocycles. The van der Waals surface area contributed by atoms with Crippen LogP contribution >= 0.6 is 11.8 Å². The number of aromatic nitrogens is 2. The van der Waals surface area contributed by atoms with Gasteiger partial charge in [-0.1, -0.05) is 29.8 Å². The summed E-state index contributed by atoms with van der Waals surface area (Å²) < 4.78 is 0. The fourth-order valence-electron chi connectivity index (χ4n) is 2.23. The van der Waals surface area contributed by atoms with E-state index in [0.29, 0.717) is 12.2 Å². The van der Waals surface area contributed by atoms with Crippen LogP contribution in [0.5, 0.6) is 0 Å². The van der Waals surface area contributed by atoms with Crippen LogP contribution in [0.4, 0.5) is 0 Å². The van der Waals surface area contributed by atoms with Crippen molar-refractivity contribution < 1.29 is 4.79 Å². The summed E-state index contributed by atoms with van der Waals surface area (Å²) in [5, 5.41) is 10.8. The zero-order chi connectivity index (χ0) is 15.4. The van der Waals surface area contributed by atoms with Gasteiger partial charge in [-0.2, -0.15) is 5.10 Å². The van der Waals surface area contributed by atoms with Gasteiger partial charge >= 0.3 is 0 Å². The van der Waals surface area contributed by atoms with Crippen LogP contribution in [0.3, 0.4) is 0 Å². The first-order valence-corrected chi connectivity index (χ1v) is 8.13. The summed E-state index contributed by atoms with van der Waals surface area (Å²) in [5.74, 6) is 0.697. The number of thioether (sulfide) groups is 1. The first-order valence-electron chi connectivity index (χ1n) is 7.15. The molecule has 0 fully saturated rings. The Morgan fingerprint density at radius 3 is 2.86 bits per heavy atom. The number of fused-ring (bicyclic) bond motifs is 1. The van der Waals surface area contributed by atoms with Crippen molar-refractivity contribution in [1.29, 1.82) is 0 Å². The van der Waals surface area contributed by atoms with Crippen LogP contribution in [0.1, 0.15) is 16.1 Å². The minimum atomic E-state index is -0.134. The molecule has 1 amide bonds. The van der Waals surface area contributed by atoms with E-state index in [1.54, 1.807) is 11.8 Å². The van der Waals surface area contributed by atoms with Gasteiger partial charge in [0.25, 0.3) is 5.91 Å². The molecule has 0 aliphatic carbocycles. The highest BCUT2D eigenvalue weighted by Crippen LogP contribution is 2.18. The van der Waals surface area contributed by atoms with Crippen molar-refractivity contribution in [2.75, 3.05) is 12.3 Å². The predicted octanol–water partition coefficient (Wildman–Crippen LogP) is 3.39. The van der Waals surface area contributed by atoms with E-state index in [1.807, 2.05) is 43.3 Å². The molecule has 0 radical (unpaired) electrons. The van der Waals surface area contributed by atoms with Crippen molar-refractivity contribution in [2.45, 2.75) is 11.8 Å². The van der Waals surface area contributed by atoms with E-state index in [2.05, 4.69) is 27.6 Å². The zero-order valence-electron chi connectivity index (χ0n) is 12.3. The van der Waals surface area contributed by atoms with E-state index in [9.17, 15) is 4.79 Å². The number of nitrogens with one attached hydrogen (secondary N) is 2. The van der Waals surface area contributed by atoms with Gasteiger partial charge in [-0.15, -0.1) is 11.8 Å². The second kappa shape index (κ2) is 6.66. The number of rotatable bonds is 5. The van der Waals surface area contributed by atoms with Crippen molar-refractivity contribution in [3.8, 4) is 0 Å². The first kappa shape index (κ1) is 14.7. The molecule has 112 valence electrons. The number of amides is 1. The summed E-state index contributed by atoms with van der Waals surface area (Å²) in [6.07, 6.45) is 0. The Kier molecular flexibility index (Phi) is 4.44. The number of hydrogen-bond acceptors (Lipinski definition) is 3. The minimum Gasteiger partial charge on any atom is -0.350 e. The summed E-state index contributed by atoms with van der Waals surface area (Å²) in [6.45, 7) is 2.61. The molecule has 2 aromatic carbocycles. The molecule has 3 aromatic rings. The van der Waals surface area contributed by atoms with E-state index in [1.165, 1.54) is 4.90 Å². The molecule has 0 saturated heterocycles. The summed E-state index contributed by atoms with van der Waals surface area (Å²) in [4.78, 5) is 13.4. The smallest absolute Gasteiger partial charge is 0.272 e. The topological polar surface area (TPSA) is 57.8 Å². The molecular weight excluding hydrogens is 294 g/mol. The van der Waals surface area contributed by atoms with Gasteiger partial charge in [0.05, 0.1) is 5.52 Å². The van der Waals surface area contributed by atoms with Crippen molar-refractivity contribution in [3.05, 3.63) is 59.8 Å². The maximum Gasteiger partial charge on any atom is 0.272 e. The van der Waals surface area contributed by atoms with Gasteiger partial charge in [0, 0.05) is 22.6 Å². The second-order valence-corrected chi connectivity index (χ2v) is 6.21. The number of hydrogen-bond donors (Lipinski definition) is 2. The van der Waals surface area contributed by atoms with Crippen molar-refractivity contribution >= 4 is 28.6 Å². The normalized spacial score (nSPS) is 10.8. The number of carbonyl (C=O) groups is 1. The summed E-state index contributed by atoms with van der Waals surface area (Å²) in [6, 6.07) is 16.1. The summed E-state index contributed by atoms with van der Waals surface area (Å²) in [7, 11) is 0. The van der Waals surface area contributed by atoms with Gasteiger partial charge in [0.1, 0.15) is 0 Å². The van der Waals surface area contributed by atoms with E-state index >= 15 is 0 Å². The summed E-state index contributed by atoms with van der Waals surface area (Å²) >= 11 is 1.72. The average molecular weight is 311 g/mol. The van der Waals surface area contributed by atoms with E-state index < -0.39 is 0 Å². The van der Waals surface area contributed by atoms with Crippen LogP contribution in [0.2, 0.25) is 0 Å². The highest BCUT2D eigenvalue weighted by molar-refractivity contribution is 7.99. The average Bonchev–Trinajstić information content (AvgIpc) is 2.95. The number of H-pyrrole nitrogens is 1. The van der Waals surface area contributed by atoms with Crippen LogP contribution in [0, 0.1) is 6.92 Å². The maximum atomic E-state index is 12.2. The second-order valence-electron chi connectivity index (χ2n) is 5.04. The van der Waals surface area contributed by atoms with Gasteiger partial charge in [0.2, 0.25) is 0 Å². The highest BCUT2D eigenvalue weighted by atomic mass is 32.2. The lowest BCUT2D eigenvalue weighted by molar-refractivity contribution is 0.0953. The van der Waals surface area contributed by atoms with Crippen molar-refractivity contribution in [3.63, 3.8) is 0 Å². The number of nitrogens with zero attached hydrogens (tertiary/aromatic N) is 1. The Balaban J connectivity index is 1.58. The lowest BCUT2D eigenvalue weighted by Crippen LogP contribution is -2.26. The molecule has 0 aliphatic rings. The van der Waals surface area contributed by atoms with Crippen LogP contribution in [0.15, 0.2) is 53.4 Å². The number of aryl methyl sites for hydroxylation is 1. The van der Waals surface area contributed by atoms with Crippen molar-refractivity contribution in [1.82, 2.24) is 15.5 Å². The fourth-order valence-corrected chi connectivity index (χ4v) is 3.02.